The summed E-state index contributed by atoms with van der Waals surface area (Å²) in [4.78, 5) is 16.6. The smallest absolute Gasteiger partial charge is 0.345 e. The summed E-state index contributed by atoms with van der Waals surface area (Å²) in [5.41, 5.74) is 0. The van der Waals surface area contributed by atoms with Crippen LogP contribution in [0.5, 0.6) is 0 Å². The van der Waals surface area contributed by atoms with Gasteiger partial charge in [-0.1, -0.05) is 5.21 Å². The van der Waals surface area contributed by atoms with Crippen LogP contribution < -0.4 is 4.90 Å². The van der Waals surface area contributed by atoms with Gasteiger partial charge in [0.05, 0.1) is 11.1 Å². The molecule has 1 saturated heterocycles. The molecule has 0 aromatic carbocycles. The van der Waals surface area contributed by atoms with Crippen molar-refractivity contribution in [1.82, 2.24) is 20.0 Å². The van der Waals surface area contributed by atoms with Gasteiger partial charge in [-0.15, -0.1) is 5.10 Å². The molecule has 1 aliphatic rings. The molecule has 2 aromatic rings. The van der Waals surface area contributed by atoms with Gasteiger partial charge in [-0.2, -0.15) is 0 Å². The first-order valence-electron chi connectivity index (χ1n) is 6.41. The summed E-state index contributed by atoms with van der Waals surface area (Å²) in [5.74, 6) is 0.466. The highest BCUT2D eigenvalue weighted by molar-refractivity contribution is 7.18. The number of piperidine rings is 1. The van der Waals surface area contributed by atoms with Crippen LogP contribution >= 0.6 is 11.3 Å². The van der Waals surface area contributed by atoms with Gasteiger partial charge in [0.2, 0.25) is 0 Å². The third-order valence-electron chi connectivity index (χ3n) is 3.37. The highest BCUT2D eigenvalue weighted by atomic mass is 32.1. The van der Waals surface area contributed by atoms with Crippen LogP contribution in [0.3, 0.4) is 0 Å². The molecular formula is C11H14N6O2S. The van der Waals surface area contributed by atoms with Crippen LogP contribution in [0, 0.1) is 16.0 Å². The van der Waals surface area contributed by atoms with Gasteiger partial charge in [-0.05, 0) is 30.1 Å². The van der Waals surface area contributed by atoms with E-state index in [0.717, 1.165) is 48.9 Å². The van der Waals surface area contributed by atoms with Crippen molar-refractivity contribution in [1.29, 1.82) is 0 Å². The van der Waals surface area contributed by atoms with Crippen LogP contribution in [-0.2, 0) is 6.54 Å². The molecule has 1 aliphatic heterocycles. The molecule has 1 atom stereocenters. The molecule has 0 spiro atoms. The first-order valence-corrected chi connectivity index (χ1v) is 7.23. The van der Waals surface area contributed by atoms with Crippen molar-refractivity contribution >= 4 is 21.5 Å². The van der Waals surface area contributed by atoms with Gasteiger partial charge < -0.3 is 4.90 Å². The predicted molar refractivity (Wildman–Crippen MR) is 73.7 cm³/mol. The van der Waals surface area contributed by atoms with Gasteiger partial charge in [0.1, 0.15) is 6.20 Å². The van der Waals surface area contributed by atoms with E-state index >= 15 is 0 Å². The van der Waals surface area contributed by atoms with Crippen molar-refractivity contribution in [3.63, 3.8) is 0 Å². The molecule has 2 aromatic heterocycles. The van der Waals surface area contributed by atoms with Gasteiger partial charge in [0.25, 0.3) is 0 Å². The van der Waals surface area contributed by atoms with E-state index in [1.165, 1.54) is 6.20 Å². The summed E-state index contributed by atoms with van der Waals surface area (Å²) in [7, 11) is 0. The second kappa shape index (κ2) is 5.53. The lowest BCUT2D eigenvalue weighted by Crippen LogP contribution is -2.37. The van der Waals surface area contributed by atoms with Crippen molar-refractivity contribution in [2.45, 2.75) is 19.4 Å². The van der Waals surface area contributed by atoms with Gasteiger partial charge >= 0.3 is 5.00 Å². The Hall–Kier alpha value is -2.03. The third-order valence-corrected chi connectivity index (χ3v) is 4.38. The van der Waals surface area contributed by atoms with Crippen LogP contribution in [0.2, 0.25) is 0 Å². The maximum atomic E-state index is 10.7. The topological polar surface area (TPSA) is 90.0 Å². The molecule has 0 amide bonds. The minimum atomic E-state index is -0.391. The van der Waals surface area contributed by atoms with Crippen LogP contribution in [0.25, 0.3) is 0 Å². The third kappa shape index (κ3) is 2.77. The molecule has 0 unspecified atom stereocenters. The maximum Gasteiger partial charge on any atom is 0.345 e. The summed E-state index contributed by atoms with van der Waals surface area (Å²) in [6, 6.07) is 0. The van der Waals surface area contributed by atoms with E-state index in [9.17, 15) is 10.1 Å². The zero-order valence-corrected chi connectivity index (χ0v) is 11.6. The van der Waals surface area contributed by atoms with Crippen LogP contribution in [0.15, 0.2) is 18.6 Å². The molecule has 3 rings (SSSR count). The fourth-order valence-corrected chi connectivity index (χ4v) is 3.24. The van der Waals surface area contributed by atoms with E-state index in [0.29, 0.717) is 5.92 Å². The fraction of sp³-hybridized carbons (Fsp3) is 0.545. The van der Waals surface area contributed by atoms with Crippen LogP contribution in [0.1, 0.15) is 12.8 Å². The lowest BCUT2D eigenvalue weighted by atomic mass is 9.98. The molecule has 1 fully saturated rings. The highest BCUT2D eigenvalue weighted by Crippen LogP contribution is 2.31. The molecule has 0 aliphatic carbocycles. The molecule has 9 heteroatoms. The first kappa shape index (κ1) is 13.0. The Morgan fingerprint density at radius 3 is 3.15 bits per heavy atom. The molecule has 0 radical (unpaired) electrons. The Balaban J connectivity index is 1.66. The Morgan fingerprint density at radius 1 is 1.55 bits per heavy atom. The predicted octanol–water partition coefficient (Wildman–Crippen LogP) is 1.56. The number of nitro groups is 1. The molecular weight excluding hydrogens is 280 g/mol. The second-order valence-electron chi connectivity index (χ2n) is 4.82. The Morgan fingerprint density at radius 2 is 2.45 bits per heavy atom. The van der Waals surface area contributed by atoms with Gasteiger partial charge in [0.15, 0.2) is 5.13 Å². The second-order valence-corrected chi connectivity index (χ2v) is 5.81. The largest absolute Gasteiger partial charge is 0.348 e. The molecule has 8 nitrogen and oxygen atoms in total. The Labute approximate surface area is 119 Å². The molecule has 106 valence electrons. The minimum Gasteiger partial charge on any atom is -0.348 e. The number of thiazole rings is 1. The normalized spacial score (nSPS) is 19.2. The minimum absolute atomic E-state index is 0.0957. The number of hydrogen-bond acceptors (Lipinski definition) is 7. The van der Waals surface area contributed by atoms with Crippen LogP contribution in [-0.4, -0.2) is 38.0 Å². The van der Waals surface area contributed by atoms with Gasteiger partial charge in [-0.25, -0.2) is 4.98 Å². The van der Waals surface area contributed by atoms with Crippen molar-refractivity contribution in [2.24, 2.45) is 5.92 Å². The van der Waals surface area contributed by atoms with Crippen molar-refractivity contribution in [2.75, 3.05) is 18.0 Å². The molecule has 0 N–H and O–H groups in total. The van der Waals surface area contributed by atoms with Gasteiger partial charge in [0, 0.05) is 25.8 Å². The standard InChI is InChI=1S/C11H14N6O2S/c18-17(19)10-6-12-11(20-10)15-4-1-2-9(7-15)8-16-5-3-13-14-16/h3,5-6,9H,1-2,4,7-8H2/t9-/m0/s1. The van der Waals surface area contributed by atoms with E-state index in [4.69, 9.17) is 0 Å². The summed E-state index contributed by atoms with van der Waals surface area (Å²) in [6.45, 7) is 2.58. The van der Waals surface area contributed by atoms with Crippen molar-refractivity contribution in [3.8, 4) is 0 Å². The molecule has 0 bridgehead atoms. The number of hydrogen-bond donors (Lipinski definition) is 0. The van der Waals surface area contributed by atoms with Gasteiger partial charge in [-0.3, -0.25) is 14.8 Å². The summed E-state index contributed by atoms with van der Waals surface area (Å²) in [5, 5.41) is 19.3. The summed E-state index contributed by atoms with van der Waals surface area (Å²) < 4.78 is 1.83. The van der Waals surface area contributed by atoms with E-state index in [1.54, 1.807) is 6.20 Å². The van der Waals surface area contributed by atoms with E-state index < -0.39 is 4.92 Å². The average molecular weight is 294 g/mol. The number of aromatic nitrogens is 4. The number of nitrogens with zero attached hydrogens (tertiary/aromatic N) is 6. The lowest BCUT2D eigenvalue weighted by Gasteiger charge is -2.32. The molecule has 3 heterocycles. The van der Waals surface area contributed by atoms with Crippen molar-refractivity contribution < 1.29 is 4.92 Å². The monoisotopic (exact) mass is 294 g/mol. The average Bonchev–Trinajstić information content (AvgIpc) is 3.09. The van der Waals surface area contributed by atoms with E-state index in [1.807, 2.05) is 10.9 Å². The van der Waals surface area contributed by atoms with E-state index in [2.05, 4.69) is 20.2 Å². The first-order chi connectivity index (χ1) is 9.72. The highest BCUT2D eigenvalue weighted by Gasteiger charge is 2.24. The molecule has 20 heavy (non-hydrogen) atoms. The summed E-state index contributed by atoms with van der Waals surface area (Å²) in [6.07, 6.45) is 7.05. The lowest BCUT2D eigenvalue weighted by molar-refractivity contribution is -0.380. The maximum absolute atomic E-state index is 10.7. The zero-order chi connectivity index (χ0) is 13.9. The Bertz CT molecular complexity index is 584. The van der Waals surface area contributed by atoms with Crippen LogP contribution in [0.4, 0.5) is 10.1 Å². The molecule has 0 saturated carbocycles. The van der Waals surface area contributed by atoms with E-state index in [-0.39, 0.29) is 5.00 Å². The Kier molecular flexibility index (Phi) is 3.59. The SMILES string of the molecule is O=[N+]([O-])c1cnc(N2CCC[C@H](Cn3ccnn3)C2)s1. The van der Waals surface area contributed by atoms with Crippen molar-refractivity contribution in [3.05, 3.63) is 28.7 Å². The zero-order valence-electron chi connectivity index (χ0n) is 10.8. The summed E-state index contributed by atoms with van der Waals surface area (Å²) >= 11 is 1.14. The fourth-order valence-electron chi connectivity index (χ4n) is 2.47. The number of anilines is 1. The number of rotatable bonds is 4. The quantitative estimate of drug-likeness (QED) is 0.628.